The molecule has 2 rings (SSSR count). The molecule has 0 atom stereocenters. The van der Waals surface area contributed by atoms with Crippen molar-refractivity contribution in [1.82, 2.24) is 9.78 Å². The monoisotopic (exact) mass is 251 g/mol. The number of nitro groups is 1. The summed E-state index contributed by atoms with van der Waals surface area (Å²) in [7, 11) is 0. The van der Waals surface area contributed by atoms with Gasteiger partial charge in [0.15, 0.2) is 0 Å². The van der Waals surface area contributed by atoms with Crippen LogP contribution < -0.4 is 0 Å². The number of halogens is 1. The van der Waals surface area contributed by atoms with Gasteiger partial charge in [-0.1, -0.05) is 11.6 Å². The lowest BCUT2D eigenvalue weighted by atomic mass is 10.2. The van der Waals surface area contributed by atoms with Gasteiger partial charge in [0.05, 0.1) is 17.2 Å². The minimum absolute atomic E-state index is 0.0354. The molecule has 88 valence electrons. The van der Waals surface area contributed by atoms with Crippen LogP contribution in [-0.4, -0.2) is 14.7 Å². The zero-order valence-corrected chi connectivity index (χ0v) is 9.89. The number of aryl methyl sites for hydroxylation is 1. The third kappa shape index (κ3) is 2.62. The average molecular weight is 252 g/mol. The minimum atomic E-state index is -0.436. The molecule has 0 amide bonds. The lowest BCUT2D eigenvalue weighted by molar-refractivity contribution is -0.384. The molecule has 1 heterocycles. The van der Waals surface area contributed by atoms with Crippen LogP contribution in [0.25, 0.3) is 0 Å². The SMILES string of the molecule is Cc1ccn(Cc2cc([N+](=O)[O-])ccc2Cl)n1. The molecule has 0 aliphatic rings. The van der Waals surface area contributed by atoms with Crippen molar-refractivity contribution >= 4 is 17.3 Å². The quantitative estimate of drug-likeness (QED) is 0.622. The molecular formula is C11H10ClN3O2. The smallest absolute Gasteiger partial charge is 0.268 e. The molecule has 0 unspecified atom stereocenters. The molecule has 0 aliphatic heterocycles. The molecule has 6 heteroatoms. The number of hydrogen-bond donors (Lipinski definition) is 0. The van der Waals surface area contributed by atoms with E-state index in [1.165, 1.54) is 18.2 Å². The Labute approximate surface area is 103 Å². The maximum absolute atomic E-state index is 10.7. The molecule has 0 fully saturated rings. The lowest BCUT2D eigenvalue weighted by Crippen LogP contribution is -2.02. The van der Waals surface area contributed by atoms with Gasteiger partial charge in [0.25, 0.3) is 5.69 Å². The summed E-state index contributed by atoms with van der Waals surface area (Å²) in [6.45, 7) is 2.31. The van der Waals surface area contributed by atoms with E-state index in [9.17, 15) is 10.1 Å². The number of nitro benzene ring substituents is 1. The minimum Gasteiger partial charge on any atom is -0.268 e. The Hall–Kier alpha value is -1.88. The van der Waals surface area contributed by atoms with E-state index in [0.717, 1.165) is 5.69 Å². The summed E-state index contributed by atoms with van der Waals surface area (Å²) < 4.78 is 1.69. The molecule has 0 N–H and O–H groups in total. The van der Waals surface area contributed by atoms with Gasteiger partial charge in [0, 0.05) is 23.4 Å². The first-order valence-electron chi connectivity index (χ1n) is 4.99. The summed E-state index contributed by atoms with van der Waals surface area (Å²) in [4.78, 5) is 10.2. The van der Waals surface area contributed by atoms with Crippen molar-refractivity contribution in [3.8, 4) is 0 Å². The zero-order valence-electron chi connectivity index (χ0n) is 9.13. The second-order valence-corrected chi connectivity index (χ2v) is 4.09. The average Bonchev–Trinajstić information content (AvgIpc) is 2.67. The molecular weight excluding hydrogens is 242 g/mol. The Balaban J connectivity index is 2.31. The molecule has 1 aromatic heterocycles. The van der Waals surface area contributed by atoms with Crippen molar-refractivity contribution in [2.24, 2.45) is 0 Å². The summed E-state index contributed by atoms with van der Waals surface area (Å²) in [5.41, 5.74) is 1.61. The van der Waals surface area contributed by atoms with Crippen LogP contribution in [0.1, 0.15) is 11.3 Å². The van der Waals surface area contributed by atoms with Gasteiger partial charge in [0.1, 0.15) is 0 Å². The Kier molecular flexibility index (Phi) is 3.10. The number of nitrogens with zero attached hydrogens (tertiary/aromatic N) is 3. The molecule has 1 aromatic carbocycles. The largest absolute Gasteiger partial charge is 0.269 e. The lowest BCUT2D eigenvalue weighted by Gasteiger charge is -2.04. The molecule has 0 bridgehead atoms. The van der Waals surface area contributed by atoms with Gasteiger partial charge >= 0.3 is 0 Å². The number of benzene rings is 1. The summed E-state index contributed by atoms with van der Waals surface area (Å²) in [5.74, 6) is 0. The summed E-state index contributed by atoms with van der Waals surface area (Å²) >= 11 is 5.99. The highest BCUT2D eigenvalue weighted by atomic mass is 35.5. The summed E-state index contributed by atoms with van der Waals surface area (Å²) in [6.07, 6.45) is 1.81. The van der Waals surface area contributed by atoms with Gasteiger partial charge in [-0.05, 0) is 24.6 Å². The highest BCUT2D eigenvalue weighted by molar-refractivity contribution is 6.31. The number of aromatic nitrogens is 2. The second-order valence-electron chi connectivity index (χ2n) is 3.69. The van der Waals surface area contributed by atoms with E-state index in [1.807, 2.05) is 19.2 Å². The Morgan fingerprint density at radius 2 is 2.24 bits per heavy atom. The van der Waals surface area contributed by atoms with Crippen LogP contribution in [-0.2, 0) is 6.54 Å². The first-order chi connectivity index (χ1) is 8.06. The van der Waals surface area contributed by atoms with Crippen molar-refractivity contribution < 1.29 is 4.92 Å². The molecule has 0 spiro atoms. The fourth-order valence-electron chi connectivity index (χ4n) is 1.52. The van der Waals surface area contributed by atoms with E-state index < -0.39 is 4.92 Å². The van der Waals surface area contributed by atoms with Gasteiger partial charge in [-0.25, -0.2) is 0 Å². The molecule has 0 radical (unpaired) electrons. The molecule has 17 heavy (non-hydrogen) atoms. The van der Waals surface area contributed by atoms with Gasteiger partial charge < -0.3 is 0 Å². The maximum atomic E-state index is 10.7. The van der Waals surface area contributed by atoms with E-state index in [1.54, 1.807) is 4.68 Å². The number of rotatable bonds is 3. The zero-order chi connectivity index (χ0) is 12.4. The second kappa shape index (κ2) is 4.55. The van der Waals surface area contributed by atoms with E-state index >= 15 is 0 Å². The standard InChI is InChI=1S/C11H10ClN3O2/c1-8-4-5-14(13-8)7-9-6-10(15(16)17)2-3-11(9)12/h2-6H,7H2,1H3. The number of hydrogen-bond acceptors (Lipinski definition) is 3. The predicted molar refractivity (Wildman–Crippen MR) is 64.2 cm³/mol. The van der Waals surface area contributed by atoms with Crippen LogP contribution in [0.2, 0.25) is 5.02 Å². The first-order valence-corrected chi connectivity index (χ1v) is 5.37. The summed E-state index contributed by atoms with van der Waals surface area (Å²) in [5, 5.41) is 15.4. The molecule has 0 saturated heterocycles. The fraction of sp³-hybridized carbons (Fsp3) is 0.182. The van der Waals surface area contributed by atoms with Crippen LogP contribution in [0.4, 0.5) is 5.69 Å². The third-order valence-electron chi connectivity index (χ3n) is 2.35. The fourth-order valence-corrected chi connectivity index (χ4v) is 1.70. The van der Waals surface area contributed by atoms with Crippen molar-refractivity contribution in [1.29, 1.82) is 0 Å². The Morgan fingerprint density at radius 3 is 2.82 bits per heavy atom. The van der Waals surface area contributed by atoms with E-state index in [2.05, 4.69) is 5.10 Å². The van der Waals surface area contributed by atoms with E-state index in [-0.39, 0.29) is 5.69 Å². The third-order valence-corrected chi connectivity index (χ3v) is 2.72. The Morgan fingerprint density at radius 1 is 1.47 bits per heavy atom. The van der Waals surface area contributed by atoms with Gasteiger partial charge in [0.2, 0.25) is 0 Å². The van der Waals surface area contributed by atoms with E-state index in [0.29, 0.717) is 17.1 Å². The Bertz CT molecular complexity index is 566. The van der Waals surface area contributed by atoms with E-state index in [4.69, 9.17) is 11.6 Å². The molecule has 0 saturated carbocycles. The normalized spacial score (nSPS) is 10.5. The van der Waals surface area contributed by atoms with Crippen molar-refractivity contribution in [2.45, 2.75) is 13.5 Å². The maximum Gasteiger partial charge on any atom is 0.269 e. The van der Waals surface area contributed by atoms with Crippen LogP contribution in [0.3, 0.4) is 0 Å². The molecule has 2 aromatic rings. The highest BCUT2D eigenvalue weighted by Crippen LogP contribution is 2.22. The molecule has 5 nitrogen and oxygen atoms in total. The number of non-ortho nitro benzene ring substituents is 1. The van der Waals surface area contributed by atoms with Gasteiger partial charge in [-0.3, -0.25) is 14.8 Å². The van der Waals surface area contributed by atoms with Crippen LogP contribution >= 0.6 is 11.6 Å². The topological polar surface area (TPSA) is 61.0 Å². The predicted octanol–water partition coefficient (Wildman–Crippen LogP) is 2.80. The van der Waals surface area contributed by atoms with Crippen LogP contribution in [0.5, 0.6) is 0 Å². The van der Waals surface area contributed by atoms with Crippen LogP contribution in [0.15, 0.2) is 30.5 Å². The van der Waals surface area contributed by atoms with Gasteiger partial charge in [-0.2, -0.15) is 5.10 Å². The van der Waals surface area contributed by atoms with Crippen molar-refractivity contribution in [3.63, 3.8) is 0 Å². The van der Waals surface area contributed by atoms with Crippen molar-refractivity contribution in [3.05, 3.63) is 56.9 Å². The highest BCUT2D eigenvalue weighted by Gasteiger charge is 2.10. The first kappa shape index (κ1) is 11.6. The van der Waals surface area contributed by atoms with Gasteiger partial charge in [-0.15, -0.1) is 0 Å². The molecule has 0 aliphatic carbocycles. The summed E-state index contributed by atoms with van der Waals surface area (Å²) in [6, 6.07) is 6.26. The van der Waals surface area contributed by atoms with Crippen molar-refractivity contribution in [2.75, 3.05) is 0 Å². The van der Waals surface area contributed by atoms with Crippen LogP contribution in [0, 0.1) is 17.0 Å².